The van der Waals surface area contributed by atoms with Gasteiger partial charge in [0.2, 0.25) is 0 Å². The summed E-state index contributed by atoms with van der Waals surface area (Å²) in [6.45, 7) is 1.66. The molecule has 1 aromatic heterocycles. The Labute approximate surface area is 187 Å². The molecular formula is C24H18BrN3O3. The first-order chi connectivity index (χ1) is 14.9. The lowest BCUT2D eigenvalue weighted by Crippen LogP contribution is -2.20. The molecule has 3 aromatic carbocycles. The van der Waals surface area contributed by atoms with Crippen LogP contribution in [0, 0.1) is 0 Å². The third kappa shape index (κ3) is 4.41. The Morgan fingerprint density at radius 2 is 1.71 bits per heavy atom. The van der Waals surface area contributed by atoms with E-state index in [9.17, 15) is 15.0 Å². The van der Waals surface area contributed by atoms with E-state index in [1.807, 2.05) is 48.5 Å². The number of carbonyl (C=O) groups is 1. The van der Waals surface area contributed by atoms with E-state index in [2.05, 4.69) is 26.5 Å². The number of rotatable bonds is 4. The van der Waals surface area contributed by atoms with Crippen LogP contribution in [-0.4, -0.2) is 26.8 Å². The number of aromatic nitrogens is 1. The first kappa shape index (κ1) is 20.6. The fourth-order valence-electron chi connectivity index (χ4n) is 3.21. The molecule has 0 bridgehead atoms. The summed E-state index contributed by atoms with van der Waals surface area (Å²) in [7, 11) is 0. The van der Waals surface area contributed by atoms with Gasteiger partial charge in [0.05, 0.1) is 22.5 Å². The molecule has 4 rings (SSSR count). The SMILES string of the molecule is CC(=NNC(=O)c1cc(-c2ccc(Br)cc2)nc2ccccc12)c1ccc(O)cc1O. The number of halogens is 1. The van der Waals surface area contributed by atoms with Gasteiger partial charge in [0.1, 0.15) is 11.5 Å². The van der Waals surface area contributed by atoms with Crippen LogP contribution >= 0.6 is 15.9 Å². The van der Waals surface area contributed by atoms with Gasteiger partial charge in [-0.3, -0.25) is 4.79 Å². The number of para-hydroxylation sites is 1. The number of fused-ring (bicyclic) bond motifs is 1. The van der Waals surface area contributed by atoms with Crippen molar-refractivity contribution in [3.8, 4) is 22.8 Å². The van der Waals surface area contributed by atoms with Gasteiger partial charge in [-0.2, -0.15) is 5.10 Å². The van der Waals surface area contributed by atoms with Crippen molar-refractivity contribution in [2.75, 3.05) is 0 Å². The van der Waals surface area contributed by atoms with Gasteiger partial charge in [-0.15, -0.1) is 0 Å². The minimum absolute atomic E-state index is 0.0539. The maximum absolute atomic E-state index is 13.0. The number of nitrogens with one attached hydrogen (secondary N) is 1. The summed E-state index contributed by atoms with van der Waals surface area (Å²) in [6, 6.07) is 21.1. The molecule has 0 aliphatic heterocycles. The fourth-order valence-corrected chi connectivity index (χ4v) is 3.48. The number of amides is 1. The van der Waals surface area contributed by atoms with E-state index in [-0.39, 0.29) is 11.5 Å². The molecule has 6 nitrogen and oxygen atoms in total. The number of nitrogens with zero attached hydrogens (tertiary/aromatic N) is 2. The van der Waals surface area contributed by atoms with Crippen molar-refractivity contribution >= 4 is 38.5 Å². The molecule has 154 valence electrons. The number of benzene rings is 3. The van der Waals surface area contributed by atoms with E-state index in [0.717, 1.165) is 10.0 Å². The molecule has 1 heterocycles. The molecule has 0 aliphatic rings. The van der Waals surface area contributed by atoms with Crippen LogP contribution in [0.4, 0.5) is 0 Å². The second-order valence-corrected chi connectivity index (χ2v) is 7.83. The smallest absolute Gasteiger partial charge is 0.272 e. The molecular weight excluding hydrogens is 458 g/mol. The molecule has 0 fully saturated rings. The van der Waals surface area contributed by atoms with Gasteiger partial charge in [0.25, 0.3) is 5.91 Å². The normalized spacial score (nSPS) is 11.5. The zero-order valence-corrected chi connectivity index (χ0v) is 18.1. The Kier molecular flexibility index (Phi) is 5.68. The van der Waals surface area contributed by atoms with Gasteiger partial charge < -0.3 is 10.2 Å². The lowest BCUT2D eigenvalue weighted by atomic mass is 10.0. The standard InChI is InChI=1S/C24H18BrN3O3/c1-14(18-11-10-17(29)12-23(18)30)27-28-24(31)20-13-22(15-6-8-16(25)9-7-15)26-21-5-3-2-4-19(20)21/h2-13,29-30H,1H3,(H,28,31). The van der Waals surface area contributed by atoms with Crippen molar-refractivity contribution in [2.24, 2.45) is 5.10 Å². The second-order valence-electron chi connectivity index (χ2n) is 6.92. The number of phenols is 2. The van der Waals surface area contributed by atoms with Gasteiger partial charge in [-0.1, -0.05) is 46.3 Å². The van der Waals surface area contributed by atoms with E-state index in [1.165, 1.54) is 18.2 Å². The average molecular weight is 476 g/mol. The van der Waals surface area contributed by atoms with Crippen molar-refractivity contribution < 1.29 is 15.0 Å². The quantitative estimate of drug-likeness (QED) is 0.278. The van der Waals surface area contributed by atoms with Crippen molar-refractivity contribution in [3.05, 3.63) is 88.4 Å². The predicted octanol–water partition coefficient (Wildman–Crippen LogP) is 5.23. The minimum Gasteiger partial charge on any atom is -0.508 e. The number of hydrogen-bond acceptors (Lipinski definition) is 5. The number of phenolic OH excluding ortho intramolecular Hbond substituents is 2. The Morgan fingerprint density at radius 3 is 2.45 bits per heavy atom. The van der Waals surface area contributed by atoms with Crippen LogP contribution in [0.1, 0.15) is 22.8 Å². The van der Waals surface area contributed by atoms with Crippen LogP contribution in [0.15, 0.2) is 82.4 Å². The van der Waals surface area contributed by atoms with Crippen LogP contribution in [0.2, 0.25) is 0 Å². The number of hydrogen-bond donors (Lipinski definition) is 3. The summed E-state index contributed by atoms with van der Waals surface area (Å²) < 4.78 is 0.956. The highest BCUT2D eigenvalue weighted by Crippen LogP contribution is 2.26. The monoisotopic (exact) mass is 475 g/mol. The van der Waals surface area contributed by atoms with Gasteiger partial charge in [-0.05, 0) is 43.3 Å². The highest BCUT2D eigenvalue weighted by molar-refractivity contribution is 9.10. The topological polar surface area (TPSA) is 94.8 Å². The predicted molar refractivity (Wildman–Crippen MR) is 124 cm³/mol. The Morgan fingerprint density at radius 1 is 0.968 bits per heavy atom. The van der Waals surface area contributed by atoms with Crippen molar-refractivity contribution in [2.45, 2.75) is 6.92 Å². The molecule has 0 atom stereocenters. The van der Waals surface area contributed by atoms with E-state index < -0.39 is 5.91 Å². The highest BCUT2D eigenvalue weighted by Gasteiger charge is 2.14. The molecule has 0 aliphatic carbocycles. The number of pyridine rings is 1. The van der Waals surface area contributed by atoms with Crippen LogP contribution in [0.5, 0.6) is 11.5 Å². The van der Waals surface area contributed by atoms with Crippen LogP contribution in [0.3, 0.4) is 0 Å². The molecule has 3 N–H and O–H groups in total. The molecule has 0 saturated carbocycles. The van der Waals surface area contributed by atoms with E-state index in [0.29, 0.717) is 33.4 Å². The molecule has 1 amide bonds. The van der Waals surface area contributed by atoms with E-state index >= 15 is 0 Å². The summed E-state index contributed by atoms with van der Waals surface area (Å²) in [5.41, 5.74) is 6.07. The number of carbonyl (C=O) groups excluding carboxylic acids is 1. The molecule has 0 radical (unpaired) electrons. The summed E-state index contributed by atoms with van der Waals surface area (Å²) in [5, 5.41) is 24.3. The largest absolute Gasteiger partial charge is 0.508 e. The van der Waals surface area contributed by atoms with E-state index in [1.54, 1.807) is 13.0 Å². The first-order valence-corrected chi connectivity index (χ1v) is 10.2. The summed E-state index contributed by atoms with van der Waals surface area (Å²) in [4.78, 5) is 17.7. The molecule has 31 heavy (non-hydrogen) atoms. The average Bonchev–Trinajstić information content (AvgIpc) is 2.77. The highest BCUT2D eigenvalue weighted by atomic mass is 79.9. The van der Waals surface area contributed by atoms with Crippen LogP contribution in [-0.2, 0) is 0 Å². The van der Waals surface area contributed by atoms with Crippen molar-refractivity contribution in [3.63, 3.8) is 0 Å². The van der Waals surface area contributed by atoms with Gasteiger partial charge >= 0.3 is 0 Å². The summed E-state index contributed by atoms with van der Waals surface area (Å²) >= 11 is 3.43. The molecule has 7 heteroatoms. The Hall–Kier alpha value is -3.71. The van der Waals surface area contributed by atoms with E-state index in [4.69, 9.17) is 4.98 Å². The van der Waals surface area contributed by atoms with Crippen molar-refractivity contribution in [1.29, 1.82) is 0 Å². The second kappa shape index (κ2) is 8.57. The zero-order valence-electron chi connectivity index (χ0n) is 16.5. The van der Waals surface area contributed by atoms with Crippen LogP contribution in [0.25, 0.3) is 22.2 Å². The lowest BCUT2D eigenvalue weighted by molar-refractivity contribution is 0.0956. The minimum atomic E-state index is -0.394. The van der Waals surface area contributed by atoms with Crippen LogP contribution < -0.4 is 5.43 Å². The molecule has 0 unspecified atom stereocenters. The van der Waals surface area contributed by atoms with Gasteiger partial charge in [0.15, 0.2) is 0 Å². The van der Waals surface area contributed by atoms with Gasteiger partial charge in [0, 0.05) is 27.1 Å². The maximum Gasteiger partial charge on any atom is 0.272 e. The zero-order chi connectivity index (χ0) is 22.0. The van der Waals surface area contributed by atoms with Crippen molar-refractivity contribution in [1.82, 2.24) is 10.4 Å². The Bertz CT molecular complexity index is 1320. The molecule has 0 saturated heterocycles. The third-order valence-electron chi connectivity index (χ3n) is 4.80. The Balaban J connectivity index is 1.70. The molecule has 4 aromatic rings. The summed E-state index contributed by atoms with van der Waals surface area (Å²) in [5.74, 6) is -0.571. The number of aromatic hydroxyl groups is 2. The summed E-state index contributed by atoms with van der Waals surface area (Å²) in [6.07, 6.45) is 0. The van der Waals surface area contributed by atoms with Gasteiger partial charge in [-0.25, -0.2) is 10.4 Å². The third-order valence-corrected chi connectivity index (χ3v) is 5.33. The maximum atomic E-state index is 13.0. The lowest BCUT2D eigenvalue weighted by Gasteiger charge is -2.10. The fraction of sp³-hybridized carbons (Fsp3) is 0.0417. The number of hydrazone groups is 1. The molecule has 0 spiro atoms. The first-order valence-electron chi connectivity index (χ1n) is 9.45.